The van der Waals surface area contributed by atoms with Crippen molar-refractivity contribution in [3.8, 4) is 0 Å². The van der Waals surface area contributed by atoms with E-state index in [9.17, 15) is 14.9 Å². The quantitative estimate of drug-likeness (QED) is 0.446. The number of benzene rings is 1. The molecule has 0 fully saturated rings. The molecule has 0 saturated carbocycles. The number of nitrogens with zero attached hydrogens (tertiary/aromatic N) is 5. The second kappa shape index (κ2) is 6.20. The maximum Gasteiger partial charge on any atom is 0.278 e. The number of amides is 1. The molecule has 26 heavy (non-hydrogen) atoms. The van der Waals surface area contributed by atoms with Crippen molar-refractivity contribution in [3.05, 3.63) is 76.4 Å². The van der Waals surface area contributed by atoms with Gasteiger partial charge < -0.3 is 5.32 Å². The van der Waals surface area contributed by atoms with Crippen LogP contribution in [0.5, 0.6) is 0 Å². The second-order valence-electron chi connectivity index (χ2n) is 5.52. The van der Waals surface area contributed by atoms with E-state index < -0.39 is 10.8 Å². The van der Waals surface area contributed by atoms with Gasteiger partial charge in [-0.25, -0.2) is 0 Å². The predicted octanol–water partition coefficient (Wildman–Crippen LogP) is 2.12. The number of fused-ring (bicyclic) bond motifs is 2. The van der Waals surface area contributed by atoms with Crippen molar-refractivity contribution in [1.82, 2.24) is 24.9 Å². The molecule has 9 heteroatoms. The van der Waals surface area contributed by atoms with E-state index in [0.29, 0.717) is 16.9 Å². The Kier molecular flexibility index (Phi) is 3.73. The van der Waals surface area contributed by atoms with Crippen LogP contribution in [-0.2, 0) is 6.54 Å². The van der Waals surface area contributed by atoms with E-state index in [1.807, 2.05) is 18.2 Å². The zero-order valence-corrected chi connectivity index (χ0v) is 13.4. The number of non-ortho nitro benzene ring substituents is 1. The van der Waals surface area contributed by atoms with Gasteiger partial charge in [0.25, 0.3) is 11.6 Å². The topological polar surface area (TPSA) is 115 Å². The summed E-state index contributed by atoms with van der Waals surface area (Å²) in [5, 5.41) is 22.3. The van der Waals surface area contributed by atoms with Crippen LogP contribution < -0.4 is 5.32 Å². The average Bonchev–Trinajstić information content (AvgIpc) is 3.08. The number of nitro benzene ring substituents is 1. The van der Waals surface area contributed by atoms with E-state index in [-0.39, 0.29) is 23.3 Å². The first kappa shape index (κ1) is 15.6. The molecule has 0 aliphatic carbocycles. The smallest absolute Gasteiger partial charge is 0.278 e. The summed E-state index contributed by atoms with van der Waals surface area (Å²) in [7, 11) is 0. The van der Waals surface area contributed by atoms with Crippen LogP contribution in [-0.4, -0.2) is 30.4 Å². The molecule has 0 unspecified atom stereocenters. The van der Waals surface area contributed by atoms with Crippen molar-refractivity contribution in [2.45, 2.75) is 6.54 Å². The highest BCUT2D eigenvalue weighted by Gasteiger charge is 2.19. The third-order valence-corrected chi connectivity index (χ3v) is 3.98. The van der Waals surface area contributed by atoms with Gasteiger partial charge in [-0.1, -0.05) is 6.07 Å². The van der Waals surface area contributed by atoms with E-state index in [0.717, 1.165) is 0 Å². The van der Waals surface area contributed by atoms with Gasteiger partial charge in [0.2, 0.25) is 0 Å². The number of aromatic nitrogens is 4. The van der Waals surface area contributed by atoms with Crippen LogP contribution in [0, 0.1) is 10.1 Å². The van der Waals surface area contributed by atoms with Crippen molar-refractivity contribution < 1.29 is 9.72 Å². The molecule has 3 aromatic heterocycles. The zero-order valence-electron chi connectivity index (χ0n) is 13.4. The molecule has 9 nitrogen and oxygen atoms in total. The van der Waals surface area contributed by atoms with Gasteiger partial charge in [-0.3, -0.25) is 24.3 Å². The van der Waals surface area contributed by atoms with E-state index in [1.54, 1.807) is 22.7 Å². The summed E-state index contributed by atoms with van der Waals surface area (Å²) in [5.41, 5.74) is 1.14. The Hall–Kier alpha value is -3.88. The number of nitrogens with one attached hydrogen (secondary N) is 1. The summed E-state index contributed by atoms with van der Waals surface area (Å²) in [4.78, 5) is 27.4. The fourth-order valence-electron chi connectivity index (χ4n) is 2.77. The summed E-state index contributed by atoms with van der Waals surface area (Å²) >= 11 is 0. The summed E-state index contributed by atoms with van der Waals surface area (Å²) in [6.07, 6.45) is 3.30. The second-order valence-corrected chi connectivity index (χ2v) is 5.52. The molecule has 1 N–H and O–H groups in total. The van der Waals surface area contributed by atoms with Gasteiger partial charge in [-0.15, -0.1) is 10.2 Å². The Morgan fingerprint density at radius 1 is 1.15 bits per heavy atom. The molecule has 0 bridgehead atoms. The molecule has 0 spiro atoms. The van der Waals surface area contributed by atoms with Crippen LogP contribution in [0.4, 0.5) is 5.69 Å². The van der Waals surface area contributed by atoms with Crippen LogP contribution >= 0.6 is 0 Å². The van der Waals surface area contributed by atoms with Gasteiger partial charge in [0.05, 0.1) is 27.9 Å². The van der Waals surface area contributed by atoms with Crippen LogP contribution in [0.1, 0.15) is 16.2 Å². The Balaban J connectivity index is 1.64. The molecule has 4 rings (SSSR count). The molecule has 0 aliphatic heterocycles. The van der Waals surface area contributed by atoms with Gasteiger partial charge in [0.15, 0.2) is 11.5 Å². The normalized spacial score (nSPS) is 10.9. The minimum atomic E-state index is -0.492. The number of pyridine rings is 2. The highest BCUT2D eigenvalue weighted by Crippen LogP contribution is 2.26. The number of hydrogen-bond acceptors (Lipinski definition) is 6. The van der Waals surface area contributed by atoms with E-state index in [2.05, 4.69) is 20.5 Å². The maximum atomic E-state index is 12.6. The first-order valence-electron chi connectivity index (χ1n) is 7.74. The van der Waals surface area contributed by atoms with Crippen molar-refractivity contribution in [2.75, 3.05) is 0 Å². The number of hydrogen-bond donors (Lipinski definition) is 1. The molecule has 0 aliphatic rings. The van der Waals surface area contributed by atoms with Crippen molar-refractivity contribution in [2.24, 2.45) is 0 Å². The average molecular weight is 348 g/mol. The first-order valence-corrected chi connectivity index (χ1v) is 7.74. The van der Waals surface area contributed by atoms with E-state index in [4.69, 9.17) is 0 Å². The lowest BCUT2D eigenvalue weighted by Crippen LogP contribution is -2.24. The Labute approximate surface area is 146 Å². The van der Waals surface area contributed by atoms with Gasteiger partial charge in [0, 0.05) is 18.5 Å². The fourth-order valence-corrected chi connectivity index (χ4v) is 2.77. The molecule has 4 aromatic rings. The number of carbonyl (C=O) groups excluding carboxylic acids is 1. The molecule has 1 aromatic carbocycles. The molecule has 1 amide bonds. The Morgan fingerprint density at radius 3 is 2.88 bits per heavy atom. The van der Waals surface area contributed by atoms with Crippen molar-refractivity contribution in [3.63, 3.8) is 0 Å². The SMILES string of the molecule is O=C(NCc1nnc2ccccn12)c1ccc([N+](=O)[O-])c2cccnc12. The Bertz CT molecular complexity index is 1150. The molecule has 0 saturated heterocycles. The number of nitro groups is 1. The fraction of sp³-hybridized carbons (Fsp3) is 0.0588. The van der Waals surface area contributed by atoms with Crippen molar-refractivity contribution in [1.29, 1.82) is 0 Å². The van der Waals surface area contributed by atoms with Crippen LogP contribution in [0.3, 0.4) is 0 Å². The van der Waals surface area contributed by atoms with Gasteiger partial charge in [-0.05, 0) is 30.3 Å². The highest BCUT2D eigenvalue weighted by molar-refractivity contribution is 6.07. The van der Waals surface area contributed by atoms with Gasteiger partial charge in [-0.2, -0.15) is 0 Å². The van der Waals surface area contributed by atoms with Gasteiger partial charge >= 0.3 is 0 Å². The molecule has 0 radical (unpaired) electrons. The van der Waals surface area contributed by atoms with Crippen LogP contribution in [0.25, 0.3) is 16.6 Å². The van der Waals surface area contributed by atoms with Crippen LogP contribution in [0.15, 0.2) is 54.9 Å². The third kappa shape index (κ3) is 2.61. The summed E-state index contributed by atoms with van der Waals surface area (Å²) in [6, 6.07) is 11.4. The summed E-state index contributed by atoms with van der Waals surface area (Å²) < 4.78 is 1.77. The Morgan fingerprint density at radius 2 is 2.04 bits per heavy atom. The number of carbonyl (C=O) groups is 1. The van der Waals surface area contributed by atoms with Crippen LogP contribution in [0.2, 0.25) is 0 Å². The lowest BCUT2D eigenvalue weighted by atomic mass is 10.1. The monoisotopic (exact) mass is 348 g/mol. The third-order valence-electron chi connectivity index (χ3n) is 3.98. The lowest BCUT2D eigenvalue weighted by Gasteiger charge is -2.07. The van der Waals surface area contributed by atoms with E-state index in [1.165, 1.54) is 18.3 Å². The maximum absolute atomic E-state index is 12.6. The van der Waals surface area contributed by atoms with E-state index >= 15 is 0 Å². The molecule has 0 atom stereocenters. The van der Waals surface area contributed by atoms with Crippen molar-refractivity contribution >= 4 is 28.1 Å². The molecular weight excluding hydrogens is 336 g/mol. The lowest BCUT2D eigenvalue weighted by molar-refractivity contribution is -0.383. The number of rotatable bonds is 4. The molecular formula is C17H12N6O3. The minimum Gasteiger partial charge on any atom is -0.345 e. The molecule has 128 valence electrons. The molecule has 3 heterocycles. The largest absolute Gasteiger partial charge is 0.345 e. The zero-order chi connectivity index (χ0) is 18.1. The standard InChI is InChI=1S/C17H12N6O3/c24-17(19-10-15-21-20-14-5-1-2-9-22(14)15)12-6-7-13(23(25)26)11-4-3-8-18-16(11)12/h1-9H,10H2,(H,19,24). The first-order chi connectivity index (χ1) is 12.6. The minimum absolute atomic E-state index is 0.0897. The summed E-state index contributed by atoms with van der Waals surface area (Å²) in [5.74, 6) is 0.185. The van der Waals surface area contributed by atoms with Gasteiger partial charge in [0.1, 0.15) is 0 Å². The predicted molar refractivity (Wildman–Crippen MR) is 92.6 cm³/mol. The summed E-state index contributed by atoms with van der Waals surface area (Å²) in [6.45, 7) is 0.162. The highest BCUT2D eigenvalue weighted by atomic mass is 16.6.